The van der Waals surface area contributed by atoms with Crippen molar-refractivity contribution >= 4 is 5.91 Å². The number of nitrogens with two attached hydrogens (primary N) is 1. The SMILES string of the molecule is CC(C)N(CCC#N)C(=O)[C@H](N)Cc1ccc(O)cc1. The molecule has 5 heteroatoms. The van der Waals surface area contributed by atoms with Crippen molar-refractivity contribution in [1.82, 2.24) is 4.90 Å². The Hall–Kier alpha value is -2.06. The standard InChI is InChI=1S/C15H21N3O2/c1-11(2)18(9-3-8-16)15(20)14(17)10-12-4-6-13(19)7-5-12/h4-7,11,14,19H,3,9-10,17H2,1-2H3/t14-/m1/s1. The van der Waals surface area contributed by atoms with Crippen LogP contribution in [0.5, 0.6) is 5.75 Å². The zero-order valence-electron chi connectivity index (χ0n) is 11.9. The van der Waals surface area contributed by atoms with Gasteiger partial charge in [0.1, 0.15) is 5.75 Å². The van der Waals surface area contributed by atoms with Gasteiger partial charge in [0.25, 0.3) is 0 Å². The molecule has 5 nitrogen and oxygen atoms in total. The van der Waals surface area contributed by atoms with Crippen LogP contribution in [0.15, 0.2) is 24.3 Å². The predicted octanol–water partition coefficient (Wildman–Crippen LogP) is 1.41. The number of benzene rings is 1. The molecule has 0 heterocycles. The van der Waals surface area contributed by atoms with Crippen molar-refractivity contribution in [2.45, 2.75) is 38.8 Å². The number of carbonyl (C=O) groups is 1. The molecule has 0 saturated heterocycles. The van der Waals surface area contributed by atoms with E-state index in [9.17, 15) is 9.90 Å². The first kappa shape index (κ1) is 16.0. The number of amides is 1. The van der Waals surface area contributed by atoms with Gasteiger partial charge >= 0.3 is 0 Å². The number of hydrogen-bond donors (Lipinski definition) is 2. The van der Waals surface area contributed by atoms with Crippen molar-refractivity contribution in [3.05, 3.63) is 29.8 Å². The Morgan fingerprint density at radius 3 is 2.50 bits per heavy atom. The van der Waals surface area contributed by atoms with Crippen molar-refractivity contribution in [2.75, 3.05) is 6.54 Å². The van der Waals surface area contributed by atoms with E-state index in [0.29, 0.717) is 19.4 Å². The Labute approximate surface area is 119 Å². The molecule has 0 aliphatic heterocycles. The molecular formula is C15H21N3O2. The summed E-state index contributed by atoms with van der Waals surface area (Å²) in [6, 6.07) is 8.06. The smallest absolute Gasteiger partial charge is 0.240 e. The van der Waals surface area contributed by atoms with Crippen LogP contribution in [0.2, 0.25) is 0 Å². The van der Waals surface area contributed by atoms with E-state index in [0.717, 1.165) is 5.56 Å². The van der Waals surface area contributed by atoms with Gasteiger partial charge in [0.15, 0.2) is 0 Å². The minimum atomic E-state index is -0.638. The number of carbonyl (C=O) groups excluding carboxylic acids is 1. The molecule has 1 rings (SSSR count). The van der Waals surface area contributed by atoms with Crippen LogP contribution in [0.3, 0.4) is 0 Å². The number of rotatable bonds is 6. The molecule has 1 amide bonds. The lowest BCUT2D eigenvalue weighted by Gasteiger charge is -2.28. The van der Waals surface area contributed by atoms with Crippen molar-refractivity contribution < 1.29 is 9.90 Å². The van der Waals surface area contributed by atoms with Gasteiger partial charge in [-0.15, -0.1) is 0 Å². The van der Waals surface area contributed by atoms with Crippen LogP contribution in [-0.2, 0) is 11.2 Å². The molecule has 0 spiro atoms. The Balaban J connectivity index is 2.68. The first-order chi connectivity index (χ1) is 9.45. The van der Waals surface area contributed by atoms with Gasteiger partial charge in [0.2, 0.25) is 5.91 Å². The molecule has 1 aromatic rings. The van der Waals surface area contributed by atoms with Crippen LogP contribution in [-0.4, -0.2) is 34.5 Å². The Bertz CT molecular complexity index is 477. The van der Waals surface area contributed by atoms with Crippen LogP contribution < -0.4 is 5.73 Å². The van der Waals surface area contributed by atoms with Gasteiger partial charge in [-0.25, -0.2) is 0 Å². The average molecular weight is 275 g/mol. The van der Waals surface area contributed by atoms with Gasteiger partial charge in [0.05, 0.1) is 18.5 Å². The minimum Gasteiger partial charge on any atom is -0.508 e. The summed E-state index contributed by atoms with van der Waals surface area (Å²) in [5.41, 5.74) is 6.86. The van der Waals surface area contributed by atoms with Crippen LogP contribution in [0.25, 0.3) is 0 Å². The summed E-state index contributed by atoms with van der Waals surface area (Å²) in [5.74, 6) is 0.0369. The molecule has 0 radical (unpaired) electrons. The summed E-state index contributed by atoms with van der Waals surface area (Å²) in [7, 11) is 0. The van der Waals surface area contributed by atoms with Gasteiger partial charge in [-0.1, -0.05) is 12.1 Å². The third-order valence-electron chi connectivity index (χ3n) is 3.08. The van der Waals surface area contributed by atoms with E-state index in [-0.39, 0.29) is 17.7 Å². The second-order valence-electron chi connectivity index (χ2n) is 5.01. The lowest BCUT2D eigenvalue weighted by atomic mass is 10.0. The van der Waals surface area contributed by atoms with E-state index in [1.165, 1.54) is 0 Å². The first-order valence-electron chi connectivity index (χ1n) is 6.66. The van der Waals surface area contributed by atoms with Gasteiger partial charge < -0.3 is 15.7 Å². The fraction of sp³-hybridized carbons (Fsp3) is 0.467. The zero-order chi connectivity index (χ0) is 15.1. The lowest BCUT2D eigenvalue weighted by molar-refractivity contribution is -0.134. The van der Waals surface area contributed by atoms with Gasteiger partial charge in [-0.3, -0.25) is 4.79 Å². The molecule has 0 saturated carbocycles. The molecule has 0 aliphatic rings. The molecule has 0 bridgehead atoms. The zero-order valence-corrected chi connectivity index (χ0v) is 11.9. The number of aromatic hydroxyl groups is 1. The Kier molecular flexibility index (Phi) is 6.01. The van der Waals surface area contributed by atoms with Crippen molar-refractivity contribution in [3.8, 4) is 11.8 Å². The van der Waals surface area contributed by atoms with Crippen LogP contribution in [0, 0.1) is 11.3 Å². The topological polar surface area (TPSA) is 90.4 Å². The molecule has 20 heavy (non-hydrogen) atoms. The van der Waals surface area contributed by atoms with Crippen molar-refractivity contribution in [2.24, 2.45) is 5.73 Å². The summed E-state index contributed by atoms with van der Waals surface area (Å²) >= 11 is 0. The third-order valence-corrected chi connectivity index (χ3v) is 3.08. The summed E-state index contributed by atoms with van der Waals surface area (Å²) in [4.78, 5) is 13.9. The van der Waals surface area contributed by atoms with E-state index in [2.05, 4.69) is 0 Å². The number of nitrogens with zero attached hydrogens (tertiary/aromatic N) is 2. The third kappa shape index (κ3) is 4.56. The predicted molar refractivity (Wildman–Crippen MR) is 76.9 cm³/mol. The van der Waals surface area contributed by atoms with Gasteiger partial charge in [0, 0.05) is 12.6 Å². The molecular weight excluding hydrogens is 254 g/mol. The molecule has 0 unspecified atom stereocenters. The molecule has 108 valence electrons. The number of hydrogen-bond acceptors (Lipinski definition) is 4. The summed E-state index contributed by atoms with van der Waals surface area (Å²) < 4.78 is 0. The quantitative estimate of drug-likeness (QED) is 0.821. The van der Waals surface area contributed by atoms with Crippen molar-refractivity contribution in [1.29, 1.82) is 5.26 Å². The Morgan fingerprint density at radius 2 is 2.00 bits per heavy atom. The normalized spacial score (nSPS) is 11.9. The summed E-state index contributed by atoms with van der Waals surface area (Å²) in [6.07, 6.45) is 0.713. The Morgan fingerprint density at radius 1 is 1.40 bits per heavy atom. The fourth-order valence-corrected chi connectivity index (χ4v) is 1.98. The van der Waals surface area contributed by atoms with E-state index >= 15 is 0 Å². The monoisotopic (exact) mass is 275 g/mol. The highest BCUT2D eigenvalue weighted by atomic mass is 16.3. The summed E-state index contributed by atoms with van der Waals surface area (Å²) in [6.45, 7) is 4.21. The fourth-order valence-electron chi connectivity index (χ4n) is 1.98. The van der Waals surface area contributed by atoms with Crippen LogP contribution in [0.4, 0.5) is 0 Å². The van der Waals surface area contributed by atoms with Gasteiger partial charge in [-0.05, 0) is 38.0 Å². The molecule has 1 atom stereocenters. The highest BCUT2D eigenvalue weighted by Gasteiger charge is 2.23. The largest absolute Gasteiger partial charge is 0.508 e. The maximum Gasteiger partial charge on any atom is 0.240 e. The van der Waals surface area contributed by atoms with E-state index in [4.69, 9.17) is 11.0 Å². The van der Waals surface area contributed by atoms with Crippen LogP contribution >= 0.6 is 0 Å². The first-order valence-corrected chi connectivity index (χ1v) is 6.66. The lowest BCUT2D eigenvalue weighted by Crippen LogP contribution is -2.48. The van der Waals surface area contributed by atoms with E-state index < -0.39 is 6.04 Å². The highest BCUT2D eigenvalue weighted by Crippen LogP contribution is 2.12. The highest BCUT2D eigenvalue weighted by molar-refractivity contribution is 5.82. The number of phenolic OH excluding ortho intramolecular Hbond substituents is 1. The molecule has 0 aliphatic carbocycles. The van der Waals surface area contributed by atoms with Crippen molar-refractivity contribution in [3.63, 3.8) is 0 Å². The molecule has 1 aromatic carbocycles. The molecule has 0 aromatic heterocycles. The van der Waals surface area contributed by atoms with E-state index in [1.807, 2.05) is 19.9 Å². The van der Waals surface area contributed by atoms with E-state index in [1.54, 1.807) is 29.2 Å². The van der Waals surface area contributed by atoms with Crippen LogP contribution in [0.1, 0.15) is 25.8 Å². The number of nitriles is 1. The summed E-state index contributed by atoms with van der Waals surface area (Å²) in [5, 5.41) is 17.9. The second-order valence-corrected chi connectivity index (χ2v) is 5.01. The molecule has 0 fully saturated rings. The number of phenols is 1. The van der Waals surface area contributed by atoms with Gasteiger partial charge in [-0.2, -0.15) is 5.26 Å². The molecule has 3 N–H and O–H groups in total. The average Bonchev–Trinajstić information content (AvgIpc) is 2.41. The second kappa shape index (κ2) is 7.51. The maximum atomic E-state index is 12.3. The maximum absolute atomic E-state index is 12.3. The minimum absolute atomic E-state index is 0.0155.